The first-order valence-electron chi connectivity index (χ1n) is 19.9. The Hall–Kier alpha value is -5.42. The number of benzene rings is 3. The molecule has 3 saturated heterocycles. The van der Waals surface area contributed by atoms with Crippen molar-refractivity contribution in [1.29, 1.82) is 0 Å². The van der Waals surface area contributed by atoms with Gasteiger partial charge in [0.25, 0.3) is 0 Å². The summed E-state index contributed by atoms with van der Waals surface area (Å²) in [5.41, 5.74) is -0.0791. The summed E-state index contributed by atoms with van der Waals surface area (Å²) in [6.07, 6.45) is -1.71. The monoisotopic (exact) mass is 995 g/mol. The molecule has 3 aliphatic heterocycles. The van der Waals surface area contributed by atoms with E-state index in [1.807, 2.05) is 0 Å². The molecule has 3 atom stereocenters. The number of aliphatic carboxylic acids is 1. The van der Waals surface area contributed by atoms with Gasteiger partial charge in [-0.3, -0.25) is 4.90 Å². The van der Waals surface area contributed by atoms with Crippen LogP contribution in [0.4, 0.5) is 30.7 Å². The van der Waals surface area contributed by atoms with E-state index in [0.29, 0.717) is 17.3 Å². The van der Waals surface area contributed by atoms with Gasteiger partial charge in [0.2, 0.25) is 10.0 Å². The Labute approximate surface area is 381 Å². The maximum Gasteiger partial charge on any atom is 0.490 e. The van der Waals surface area contributed by atoms with Crippen LogP contribution in [0, 0.1) is 28.7 Å². The second-order valence-corrected chi connectivity index (χ2v) is 17.9. The molecule has 2 N–H and O–H groups in total. The molecule has 1 unspecified atom stereocenters. The number of aromatic nitrogens is 1. The third-order valence-electron chi connectivity index (χ3n) is 10.7. The molecule has 356 valence electrons. The number of hydrogen-bond donors (Lipinski definition) is 2. The highest BCUT2D eigenvalue weighted by atomic mass is 35.5. The molecule has 0 amide bonds. The zero-order valence-electron chi connectivity index (χ0n) is 34.0. The highest BCUT2D eigenvalue weighted by Gasteiger charge is 2.40. The van der Waals surface area contributed by atoms with E-state index < -0.39 is 75.5 Å². The van der Waals surface area contributed by atoms with Crippen LogP contribution in [0.1, 0.15) is 64.9 Å². The van der Waals surface area contributed by atoms with Crippen molar-refractivity contribution in [2.75, 3.05) is 26.2 Å². The summed E-state index contributed by atoms with van der Waals surface area (Å²) in [6.45, 7) is -0.824. The van der Waals surface area contributed by atoms with Crippen molar-refractivity contribution in [1.82, 2.24) is 9.62 Å². The number of carbonyl (C=O) groups excluding carboxylic acids is 2. The molecule has 14 nitrogen and oxygen atoms in total. The Morgan fingerprint density at radius 2 is 1.56 bits per heavy atom. The van der Waals surface area contributed by atoms with E-state index in [1.165, 1.54) is 30.3 Å². The second-order valence-electron chi connectivity index (χ2n) is 15.4. The fourth-order valence-electron chi connectivity index (χ4n) is 7.08. The minimum absolute atomic E-state index is 0.0554. The molecule has 1 aromatic heterocycles. The van der Waals surface area contributed by atoms with Crippen molar-refractivity contribution in [3.05, 3.63) is 122 Å². The van der Waals surface area contributed by atoms with Crippen molar-refractivity contribution in [2.24, 2.45) is 11.8 Å². The number of esters is 2. The Morgan fingerprint density at radius 3 is 2.14 bits per heavy atom. The number of nitrogens with zero attached hydrogens (tertiary/aromatic N) is 2. The molecule has 66 heavy (non-hydrogen) atoms. The summed E-state index contributed by atoms with van der Waals surface area (Å²) in [5.74, 6) is -7.40. The lowest BCUT2D eigenvalue weighted by molar-refractivity contribution is -0.605. The minimum Gasteiger partial charge on any atom is -0.619 e. The van der Waals surface area contributed by atoms with Crippen LogP contribution in [0.25, 0.3) is 0 Å². The van der Waals surface area contributed by atoms with Crippen molar-refractivity contribution < 1.29 is 82.3 Å². The van der Waals surface area contributed by atoms with E-state index in [9.17, 15) is 53.9 Å². The van der Waals surface area contributed by atoms with Gasteiger partial charge in [-0.1, -0.05) is 41.4 Å². The third-order valence-corrected chi connectivity index (χ3v) is 12.8. The number of hydrogen-bond acceptors (Lipinski definition) is 11. The smallest absolute Gasteiger partial charge is 0.490 e. The number of fused-ring (bicyclic) bond motifs is 3. The maximum absolute atomic E-state index is 14.4. The molecule has 4 heterocycles. The molecule has 4 aliphatic rings. The largest absolute Gasteiger partial charge is 0.619 e. The zero-order valence-corrected chi connectivity index (χ0v) is 36.3. The Morgan fingerprint density at radius 1 is 0.909 bits per heavy atom. The van der Waals surface area contributed by atoms with Gasteiger partial charge < -0.3 is 29.3 Å². The van der Waals surface area contributed by atoms with Crippen LogP contribution >= 0.6 is 23.2 Å². The summed E-state index contributed by atoms with van der Waals surface area (Å²) in [6, 6.07) is 9.29. The molecule has 2 bridgehead atoms. The van der Waals surface area contributed by atoms with Crippen molar-refractivity contribution in [3.63, 3.8) is 0 Å². The van der Waals surface area contributed by atoms with E-state index in [4.69, 9.17) is 47.3 Å². The summed E-state index contributed by atoms with van der Waals surface area (Å²) in [4.78, 5) is 38.1. The Kier molecular flexibility index (Phi) is 15.9. The van der Waals surface area contributed by atoms with E-state index in [-0.39, 0.29) is 68.7 Å². The van der Waals surface area contributed by atoms with Crippen LogP contribution in [0.3, 0.4) is 0 Å². The molecule has 0 spiro atoms. The van der Waals surface area contributed by atoms with Gasteiger partial charge in [-0.05, 0) is 104 Å². The molecule has 0 radical (unpaired) electrons. The first-order valence-corrected chi connectivity index (χ1v) is 22.1. The van der Waals surface area contributed by atoms with Gasteiger partial charge >= 0.3 is 30.7 Å². The second kappa shape index (κ2) is 21.0. The lowest BCUT2D eigenvalue weighted by Gasteiger charge is -2.44. The number of rotatable bonds is 16. The number of carboxylic acids is 1. The quantitative estimate of drug-likeness (QED) is 0.0483. The van der Waals surface area contributed by atoms with Crippen LogP contribution in [-0.2, 0) is 35.5 Å². The van der Waals surface area contributed by atoms with Crippen molar-refractivity contribution in [3.8, 4) is 11.5 Å². The number of ether oxygens (including phenoxy) is 4. The fraction of sp³-hybridized carbons (Fsp3) is 0.381. The molecule has 1 aliphatic carbocycles. The number of halogens is 9. The fourth-order valence-corrected chi connectivity index (χ4v) is 8.90. The molecule has 4 aromatic rings. The predicted octanol–water partition coefficient (Wildman–Crippen LogP) is 7.73. The SMILES string of the molecule is O=C(O)C(F)(F)F.O=C(O[C@@H](Cc1c(Cl)c[n+]([O-])cc1Cl)c1ccc(OC(F)F)c(OCC2CC2)c1)c1cccc(S(=O)(=O)NC(C(=O)O[C@H]2CN3CCC2CC3)c2ccc(F)c(F)c2)c1. The summed E-state index contributed by atoms with van der Waals surface area (Å²) < 4.78 is 139. The Balaban J connectivity index is 0.000000952. The van der Waals surface area contributed by atoms with Crippen LogP contribution < -0.4 is 18.9 Å². The van der Waals surface area contributed by atoms with E-state index in [2.05, 4.69) is 14.4 Å². The van der Waals surface area contributed by atoms with Gasteiger partial charge in [0, 0.05) is 18.5 Å². The molecule has 3 aromatic carbocycles. The maximum atomic E-state index is 14.4. The van der Waals surface area contributed by atoms with E-state index >= 15 is 0 Å². The predicted molar refractivity (Wildman–Crippen MR) is 217 cm³/mol. The normalized spacial score (nSPS) is 19.0. The summed E-state index contributed by atoms with van der Waals surface area (Å²) in [7, 11) is -4.70. The standard InChI is InChI=1S/C40H37Cl2F4N3O9S.C2HF3O2/c41-29-18-49(52)19-30(42)28(29)17-34(24-7-9-33(58-40(45)46)35(16-24)55-21-22-4-5-22)56-38(50)26-2-1-3-27(14-26)59(53,54)47-37(25-6-8-31(43)32(44)15-25)39(51)57-36-20-48-12-10-23(36)11-13-48;3-2(4,5)1(6)7/h1-3,6-9,14-16,18-19,22-23,34,36-37,40,47H,4-5,10-13,17,20-21H2;(H,6,7)/t34-,36-,37?;/m0./s1. The van der Waals surface area contributed by atoms with Crippen LogP contribution in [0.2, 0.25) is 10.0 Å². The molecule has 4 fully saturated rings. The highest BCUT2D eigenvalue weighted by Crippen LogP contribution is 2.38. The molecular weight excluding hydrogens is 958 g/mol. The molecule has 1 saturated carbocycles. The topological polar surface area (TPSA) is 185 Å². The molecule has 24 heteroatoms. The van der Waals surface area contributed by atoms with Gasteiger partial charge in [0.15, 0.2) is 35.5 Å². The number of carboxylic acid groups (broad SMARTS) is 1. The van der Waals surface area contributed by atoms with Gasteiger partial charge in [-0.2, -0.15) is 31.4 Å². The number of alkyl halides is 5. The Bertz CT molecular complexity index is 2520. The lowest BCUT2D eigenvalue weighted by atomic mass is 9.86. The number of pyridine rings is 1. The summed E-state index contributed by atoms with van der Waals surface area (Å²) in [5, 5.41) is 19.0. The van der Waals surface area contributed by atoms with Gasteiger partial charge in [0.05, 0.1) is 17.1 Å². The van der Waals surface area contributed by atoms with Gasteiger partial charge in [-0.15, -0.1) is 0 Å². The third kappa shape index (κ3) is 13.1. The average Bonchev–Trinajstić information content (AvgIpc) is 4.09. The van der Waals surface area contributed by atoms with Gasteiger partial charge in [0.1, 0.15) is 28.3 Å². The minimum atomic E-state index is -5.08. The summed E-state index contributed by atoms with van der Waals surface area (Å²) >= 11 is 12.7. The lowest BCUT2D eigenvalue weighted by Crippen LogP contribution is -2.52. The number of carbonyl (C=O) groups is 3. The van der Waals surface area contributed by atoms with Crippen molar-refractivity contribution >= 4 is 51.1 Å². The van der Waals surface area contributed by atoms with Crippen LogP contribution in [-0.4, -0.2) is 81.5 Å². The zero-order chi connectivity index (χ0) is 48.1. The van der Waals surface area contributed by atoms with Crippen molar-refractivity contribution in [2.45, 2.75) is 68.0 Å². The van der Waals surface area contributed by atoms with E-state index in [0.717, 1.165) is 75.4 Å². The van der Waals surface area contributed by atoms with Crippen LogP contribution in [0.5, 0.6) is 11.5 Å². The highest BCUT2D eigenvalue weighted by molar-refractivity contribution is 7.89. The number of nitrogens with one attached hydrogen (secondary N) is 1. The molecular formula is C42H38Cl2F7N3O11S. The van der Waals surface area contributed by atoms with Gasteiger partial charge in [-0.25, -0.2) is 31.6 Å². The number of sulfonamides is 1. The average molecular weight is 997 g/mol. The molecule has 8 rings (SSSR count). The first-order chi connectivity index (χ1) is 31.1. The number of piperidine rings is 3. The first kappa shape index (κ1) is 50.0. The van der Waals surface area contributed by atoms with Crippen LogP contribution in [0.15, 0.2) is 78.0 Å². The van der Waals surface area contributed by atoms with E-state index in [1.54, 1.807) is 0 Å².